The predicted octanol–water partition coefficient (Wildman–Crippen LogP) is 3.13. The van der Waals surface area contributed by atoms with E-state index in [1.165, 1.54) is 11.1 Å². The second-order valence-electron chi connectivity index (χ2n) is 4.30. The van der Waals surface area contributed by atoms with E-state index >= 15 is 0 Å². The molecule has 0 saturated carbocycles. The zero-order valence-electron chi connectivity index (χ0n) is 9.52. The standard InChI is InChI=1S/C15H14O2/c16-15-4-2-1-3-14(15)12-5-6-13-10-17-8-7-11(13)9-12/h1-6,9,16H,7-8,10H2. The van der Waals surface area contributed by atoms with E-state index in [9.17, 15) is 5.11 Å². The molecule has 0 radical (unpaired) electrons. The zero-order chi connectivity index (χ0) is 11.7. The van der Waals surface area contributed by atoms with Gasteiger partial charge in [-0.1, -0.05) is 36.4 Å². The molecule has 0 atom stereocenters. The van der Waals surface area contributed by atoms with Gasteiger partial charge in [0.15, 0.2) is 0 Å². The lowest BCUT2D eigenvalue weighted by atomic mass is 9.96. The molecule has 1 heterocycles. The van der Waals surface area contributed by atoms with Crippen LogP contribution in [-0.2, 0) is 17.8 Å². The molecule has 0 unspecified atom stereocenters. The average Bonchev–Trinajstić information content (AvgIpc) is 2.39. The quantitative estimate of drug-likeness (QED) is 0.809. The molecule has 2 nitrogen and oxygen atoms in total. The number of benzene rings is 2. The van der Waals surface area contributed by atoms with Crippen molar-refractivity contribution in [2.45, 2.75) is 13.0 Å². The molecule has 2 aromatic carbocycles. The second kappa shape index (κ2) is 4.22. The Kier molecular flexibility index (Phi) is 2.57. The Hall–Kier alpha value is -1.80. The van der Waals surface area contributed by atoms with Gasteiger partial charge in [0, 0.05) is 5.56 Å². The van der Waals surface area contributed by atoms with Crippen LogP contribution in [0.4, 0.5) is 0 Å². The van der Waals surface area contributed by atoms with Crippen LogP contribution in [0.15, 0.2) is 42.5 Å². The third-order valence-corrected chi connectivity index (χ3v) is 3.19. The summed E-state index contributed by atoms with van der Waals surface area (Å²) in [6, 6.07) is 13.7. The SMILES string of the molecule is Oc1ccccc1-c1ccc2c(c1)CCOC2. The third kappa shape index (κ3) is 1.92. The van der Waals surface area contributed by atoms with E-state index in [0.29, 0.717) is 12.4 Å². The van der Waals surface area contributed by atoms with Crippen molar-refractivity contribution in [1.82, 2.24) is 0 Å². The van der Waals surface area contributed by atoms with Gasteiger partial charge in [-0.3, -0.25) is 0 Å². The average molecular weight is 226 g/mol. The number of hydrogen-bond donors (Lipinski definition) is 1. The van der Waals surface area contributed by atoms with Gasteiger partial charge >= 0.3 is 0 Å². The summed E-state index contributed by atoms with van der Waals surface area (Å²) in [5.74, 6) is 0.333. The molecule has 1 aliphatic rings. The molecule has 0 aliphatic carbocycles. The van der Waals surface area contributed by atoms with E-state index in [0.717, 1.165) is 24.2 Å². The van der Waals surface area contributed by atoms with E-state index in [1.807, 2.05) is 24.3 Å². The fourth-order valence-corrected chi connectivity index (χ4v) is 2.25. The van der Waals surface area contributed by atoms with Crippen LogP contribution in [0.3, 0.4) is 0 Å². The fraction of sp³-hybridized carbons (Fsp3) is 0.200. The lowest BCUT2D eigenvalue weighted by Crippen LogP contribution is -2.09. The van der Waals surface area contributed by atoms with Gasteiger partial charge in [0.1, 0.15) is 5.75 Å². The molecule has 0 spiro atoms. The van der Waals surface area contributed by atoms with E-state index in [1.54, 1.807) is 6.07 Å². The molecule has 17 heavy (non-hydrogen) atoms. The highest BCUT2D eigenvalue weighted by atomic mass is 16.5. The Labute approximate surface area is 100 Å². The minimum absolute atomic E-state index is 0.333. The highest BCUT2D eigenvalue weighted by Crippen LogP contribution is 2.31. The molecule has 2 aromatic rings. The van der Waals surface area contributed by atoms with Crippen LogP contribution in [0, 0.1) is 0 Å². The summed E-state index contributed by atoms with van der Waals surface area (Å²) in [7, 11) is 0. The fourth-order valence-electron chi connectivity index (χ4n) is 2.25. The Bertz CT molecular complexity index is 546. The molecule has 0 aromatic heterocycles. The maximum atomic E-state index is 9.84. The first-order chi connectivity index (χ1) is 8.34. The Morgan fingerprint density at radius 3 is 2.76 bits per heavy atom. The highest BCUT2D eigenvalue weighted by molar-refractivity contribution is 5.71. The summed E-state index contributed by atoms with van der Waals surface area (Å²) in [5.41, 5.74) is 4.55. The number of phenols is 1. The number of phenolic OH excluding ortho intramolecular Hbond substituents is 1. The van der Waals surface area contributed by atoms with Crippen LogP contribution >= 0.6 is 0 Å². The minimum atomic E-state index is 0.333. The summed E-state index contributed by atoms with van der Waals surface area (Å²) < 4.78 is 5.42. The van der Waals surface area contributed by atoms with Crippen molar-refractivity contribution in [1.29, 1.82) is 0 Å². The van der Waals surface area contributed by atoms with Crippen molar-refractivity contribution in [3.63, 3.8) is 0 Å². The molecular weight excluding hydrogens is 212 g/mol. The summed E-state index contributed by atoms with van der Waals surface area (Å²) >= 11 is 0. The summed E-state index contributed by atoms with van der Waals surface area (Å²) in [4.78, 5) is 0. The number of aromatic hydroxyl groups is 1. The third-order valence-electron chi connectivity index (χ3n) is 3.19. The summed E-state index contributed by atoms with van der Waals surface area (Å²) in [6.45, 7) is 1.49. The van der Waals surface area contributed by atoms with Crippen LogP contribution in [0.5, 0.6) is 5.75 Å². The van der Waals surface area contributed by atoms with Crippen LogP contribution in [-0.4, -0.2) is 11.7 Å². The molecular formula is C15H14O2. The van der Waals surface area contributed by atoms with Crippen molar-refractivity contribution in [2.24, 2.45) is 0 Å². The molecule has 0 saturated heterocycles. The monoisotopic (exact) mass is 226 g/mol. The van der Waals surface area contributed by atoms with E-state index in [2.05, 4.69) is 12.1 Å². The first-order valence-corrected chi connectivity index (χ1v) is 5.82. The second-order valence-corrected chi connectivity index (χ2v) is 4.30. The Morgan fingerprint density at radius 2 is 1.88 bits per heavy atom. The minimum Gasteiger partial charge on any atom is -0.507 e. The van der Waals surface area contributed by atoms with Crippen molar-refractivity contribution >= 4 is 0 Å². The molecule has 86 valence electrons. The summed E-state index contributed by atoms with van der Waals surface area (Å²) in [5, 5.41) is 9.84. The van der Waals surface area contributed by atoms with Crippen LogP contribution < -0.4 is 0 Å². The van der Waals surface area contributed by atoms with Gasteiger partial charge < -0.3 is 9.84 Å². The molecule has 0 amide bonds. The first kappa shape index (κ1) is 10.4. The van der Waals surface area contributed by atoms with Crippen molar-refractivity contribution < 1.29 is 9.84 Å². The number of rotatable bonds is 1. The lowest BCUT2D eigenvalue weighted by molar-refractivity contribution is 0.111. The van der Waals surface area contributed by atoms with Gasteiger partial charge in [0.2, 0.25) is 0 Å². The molecule has 0 fully saturated rings. The largest absolute Gasteiger partial charge is 0.507 e. The molecule has 1 N–H and O–H groups in total. The normalized spacial score (nSPS) is 14.4. The number of hydrogen-bond acceptors (Lipinski definition) is 2. The van der Waals surface area contributed by atoms with Gasteiger partial charge in [0.05, 0.1) is 13.2 Å². The van der Waals surface area contributed by atoms with Crippen LogP contribution in [0.1, 0.15) is 11.1 Å². The molecule has 0 bridgehead atoms. The number of para-hydroxylation sites is 1. The molecule has 3 rings (SSSR count). The lowest BCUT2D eigenvalue weighted by Gasteiger charge is -2.17. The van der Waals surface area contributed by atoms with Crippen molar-refractivity contribution in [3.8, 4) is 16.9 Å². The maximum absolute atomic E-state index is 9.84. The Morgan fingerprint density at radius 1 is 1.00 bits per heavy atom. The van der Waals surface area contributed by atoms with Gasteiger partial charge in [-0.2, -0.15) is 0 Å². The van der Waals surface area contributed by atoms with E-state index in [4.69, 9.17) is 4.74 Å². The molecule has 2 heteroatoms. The first-order valence-electron chi connectivity index (χ1n) is 5.82. The van der Waals surface area contributed by atoms with Gasteiger partial charge in [-0.05, 0) is 29.2 Å². The highest BCUT2D eigenvalue weighted by Gasteiger charge is 2.11. The van der Waals surface area contributed by atoms with Crippen LogP contribution in [0.2, 0.25) is 0 Å². The molecule has 1 aliphatic heterocycles. The predicted molar refractivity (Wildman–Crippen MR) is 66.9 cm³/mol. The number of ether oxygens (including phenoxy) is 1. The van der Waals surface area contributed by atoms with E-state index < -0.39 is 0 Å². The number of fused-ring (bicyclic) bond motifs is 1. The van der Waals surface area contributed by atoms with Gasteiger partial charge in [0.25, 0.3) is 0 Å². The topological polar surface area (TPSA) is 29.5 Å². The van der Waals surface area contributed by atoms with E-state index in [-0.39, 0.29) is 0 Å². The van der Waals surface area contributed by atoms with Crippen LogP contribution in [0.25, 0.3) is 11.1 Å². The van der Waals surface area contributed by atoms with Gasteiger partial charge in [-0.15, -0.1) is 0 Å². The summed E-state index contributed by atoms with van der Waals surface area (Å²) in [6.07, 6.45) is 0.955. The van der Waals surface area contributed by atoms with Gasteiger partial charge in [-0.25, -0.2) is 0 Å². The van der Waals surface area contributed by atoms with Crippen molar-refractivity contribution in [2.75, 3.05) is 6.61 Å². The zero-order valence-corrected chi connectivity index (χ0v) is 9.52. The maximum Gasteiger partial charge on any atom is 0.123 e. The van der Waals surface area contributed by atoms with Crippen molar-refractivity contribution in [3.05, 3.63) is 53.6 Å². The smallest absolute Gasteiger partial charge is 0.123 e. The Balaban J connectivity index is 2.07.